The molecule has 1 aliphatic heterocycles. The van der Waals surface area contributed by atoms with Crippen molar-refractivity contribution in [1.29, 1.82) is 0 Å². The van der Waals surface area contributed by atoms with Crippen LogP contribution < -0.4 is 9.80 Å². The summed E-state index contributed by atoms with van der Waals surface area (Å²) in [6.07, 6.45) is -10.2. The largest absolute Gasteiger partial charge is 0.508 e. The first-order chi connectivity index (χ1) is 15.9. The van der Waals surface area contributed by atoms with Gasteiger partial charge in [0.05, 0.1) is 28.2 Å². The summed E-state index contributed by atoms with van der Waals surface area (Å²) in [5.41, 5.74) is -2.98. The van der Waals surface area contributed by atoms with E-state index in [1.165, 1.54) is 42.5 Å². The van der Waals surface area contributed by atoms with Crippen molar-refractivity contribution in [3.8, 4) is 5.75 Å². The monoisotopic (exact) mass is 500 g/mol. The topological polar surface area (TPSA) is 43.8 Å². The summed E-state index contributed by atoms with van der Waals surface area (Å²) in [7, 11) is 0. The van der Waals surface area contributed by atoms with Crippen LogP contribution in [0.4, 0.5) is 49.1 Å². The number of fused-ring (bicyclic) bond motifs is 1. The average molecular weight is 501 g/mol. The first kappa shape index (κ1) is 23.7. The third-order valence-corrected chi connectivity index (χ3v) is 5.54. The van der Waals surface area contributed by atoms with E-state index in [0.29, 0.717) is 28.8 Å². The number of hydrogen-bond acceptors (Lipinski definition) is 3. The van der Waals surface area contributed by atoms with Gasteiger partial charge >= 0.3 is 12.4 Å². The zero-order valence-electron chi connectivity index (χ0n) is 17.1. The number of rotatable bonds is 2. The molecule has 178 valence electrons. The van der Waals surface area contributed by atoms with Gasteiger partial charge in [-0.15, -0.1) is 0 Å². The number of benzene rings is 3. The number of alkyl halides is 6. The van der Waals surface area contributed by atoms with E-state index in [2.05, 4.69) is 0 Å². The molecule has 0 aromatic heterocycles. The molecule has 0 saturated heterocycles. The number of aromatic hydroxyl groups is 1. The number of amides is 1. The van der Waals surface area contributed by atoms with Crippen LogP contribution in [0.5, 0.6) is 5.75 Å². The number of nitrogens with zero attached hydrogens (tertiary/aromatic N) is 2. The first-order valence-electron chi connectivity index (χ1n) is 9.84. The summed E-state index contributed by atoms with van der Waals surface area (Å²) in [5.74, 6) is -0.851. The molecule has 3 aromatic rings. The van der Waals surface area contributed by atoms with Gasteiger partial charge in [-0.3, -0.25) is 9.69 Å². The summed E-state index contributed by atoms with van der Waals surface area (Å²) >= 11 is 6.13. The minimum absolute atomic E-state index is 0.00770. The number of hydrogen-bond donors (Lipinski definition) is 1. The standard InChI is InChI=1S/C23H15ClF6N2O2/c24-14-2-8-18-20(12-14)31(15-3-5-16(33)6-4-15)10-9-21(34)32(18)19-11-13(22(25,26)27)1-7-17(19)23(28,29)30/h1-8,11-12,33H,9-10H2. The van der Waals surface area contributed by atoms with Gasteiger partial charge in [-0.2, -0.15) is 26.3 Å². The maximum Gasteiger partial charge on any atom is 0.418 e. The molecule has 0 bridgehead atoms. The quantitative estimate of drug-likeness (QED) is 0.376. The molecule has 0 radical (unpaired) electrons. The molecule has 0 saturated carbocycles. The molecule has 1 N–H and O–H groups in total. The van der Waals surface area contributed by atoms with Crippen LogP contribution in [-0.2, 0) is 17.1 Å². The Balaban J connectivity index is 1.97. The zero-order valence-corrected chi connectivity index (χ0v) is 17.8. The van der Waals surface area contributed by atoms with Gasteiger partial charge in [-0.1, -0.05) is 11.6 Å². The molecule has 0 unspecified atom stereocenters. The van der Waals surface area contributed by atoms with Crippen LogP contribution in [0, 0.1) is 0 Å². The van der Waals surface area contributed by atoms with E-state index in [9.17, 15) is 36.2 Å². The van der Waals surface area contributed by atoms with Crippen molar-refractivity contribution in [2.45, 2.75) is 18.8 Å². The molecule has 0 aliphatic carbocycles. The van der Waals surface area contributed by atoms with Crippen molar-refractivity contribution in [2.75, 3.05) is 16.3 Å². The first-order valence-corrected chi connectivity index (χ1v) is 10.2. The second kappa shape index (κ2) is 8.43. The predicted molar refractivity (Wildman–Crippen MR) is 115 cm³/mol. The van der Waals surface area contributed by atoms with Crippen LogP contribution in [0.1, 0.15) is 17.5 Å². The summed E-state index contributed by atoms with van der Waals surface area (Å²) in [6, 6.07) is 10.9. The van der Waals surface area contributed by atoms with E-state index in [0.717, 1.165) is 0 Å². The molecule has 1 heterocycles. The summed E-state index contributed by atoms with van der Waals surface area (Å²) < 4.78 is 81.5. The number of phenolic OH excluding ortho intramolecular Hbond substituents is 1. The van der Waals surface area contributed by atoms with Crippen LogP contribution in [0.15, 0.2) is 60.7 Å². The minimum atomic E-state index is -5.02. The molecule has 3 aromatic carbocycles. The fourth-order valence-corrected chi connectivity index (χ4v) is 3.94. The van der Waals surface area contributed by atoms with Gasteiger partial charge in [0.1, 0.15) is 5.75 Å². The van der Waals surface area contributed by atoms with E-state index in [-0.39, 0.29) is 35.1 Å². The lowest BCUT2D eigenvalue weighted by Gasteiger charge is -2.29. The van der Waals surface area contributed by atoms with Crippen LogP contribution in [0.25, 0.3) is 0 Å². The van der Waals surface area contributed by atoms with Crippen molar-refractivity contribution >= 4 is 40.3 Å². The molecule has 1 aliphatic rings. The Bertz CT molecular complexity index is 1240. The summed E-state index contributed by atoms with van der Waals surface area (Å²) in [5, 5.41) is 9.79. The molecule has 0 fully saturated rings. The Labute approximate surface area is 194 Å². The Morgan fingerprint density at radius 1 is 0.794 bits per heavy atom. The molecule has 34 heavy (non-hydrogen) atoms. The van der Waals surface area contributed by atoms with Gasteiger partial charge in [0.15, 0.2) is 0 Å². The van der Waals surface area contributed by atoms with E-state index in [4.69, 9.17) is 11.6 Å². The Kier molecular flexibility index (Phi) is 5.89. The van der Waals surface area contributed by atoms with Crippen LogP contribution in [0.2, 0.25) is 5.02 Å². The third-order valence-electron chi connectivity index (χ3n) is 5.30. The molecule has 11 heteroatoms. The van der Waals surface area contributed by atoms with Gasteiger partial charge < -0.3 is 10.0 Å². The minimum Gasteiger partial charge on any atom is -0.508 e. The van der Waals surface area contributed by atoms with Crippen LogP contribution >= 0.6 is 11.6 Å². The van der Waals surface area contributed by atoms with Gasteiger partial charge in [0, 0.05) is 23.7 Å². The number of phenols is 1. The average Bonchev–Trinajstić information content (AvgIpc) is 2.88. The fraction of sp³-hybridized carbons (Fsp3) is 0.174. The van der Waals surface area contributed by atoms with E-state index < -0.39 is 35.1 Å². The molecule has 4 nitrogen and oxygen atoms in total. The molecular weight excluding hydrogens is 486 g/mol. The van der Waals surface area contributed by atoms with Gasteiger partial charge in [0.25, 0.3) is 0 Å². The maximum absolute atomic E-state index is 13.8. The number of anilines is 4. The van der Waals surface area contributed by atoms with Crippen molar-refractivity contribution in [1.82, 2.24) is 0 Å². The van der Waals surface area contributed by atoms with E-state index in [1.807, 2.05) is 0 Å². The predicted octanol–water partition coefficient (Wildman–Crippen LogP) is 7.29. The second-order valence-electron chi connectivity index (χ2n) is 7.51. The van der Waals surface area contributed by atoms with Crippen LogP contribution in [0.3, 0.4) is 0 Å². The lowest BCUT2D eigenvalue weighted by atomic mass is 10.1. The van der Waals surface area contributed by atoms with Crippen molar-refractivity contribution in [3.05, 3.63) is 76.8 Å². The Hall–Kier alpha value is -3.40. The fourth-order valence-electron chi connectivity index (χ4n) is 3.77. The van der Waals surface area contributed by atoms with Crippen molar-refractivity contribution in [3.63, 3.8) is 0 Å². The third kappa shape index (κ3) is 4.50. The van der Waals surface area contributed by atoms with Crippen molar-refractivity contribution in [2.24, 2.45) is 0 Å². The molecule has 1 amide bonds. The molecule has 0 spiro atoms. The highest BCUT2D eigenvalue weighted by Gasteiger charge is 2.41. The highest BCUT2D eigenvalue weighted by molar-refractivity contribution is 6.31. The van der Waals surface area contributed by atoms with E-state index in [1.54, 1.807) is 4.90 Å². The van der Waals surface area contributed by atoms with E-state index >= 15 is 0 Å². The van der Waals surface area contributed by atoms with Crippen LogP contribution in [-0.4, -0.2) is 17.6 Å². The van der Waals surface area contributed by atoms with Gasteiger partial charge in [0.2, 0.25) is 5.91 Å². The SMILES string of the molecule is O=C1CCN(c2ccc(O)cc2)c2cc(Cl)ccc2N1c1cc(C(F)(F)F)ccc1C(F)(F)F. The Morgan fingerprint density at radius 2 is 1.47 bits per heavy atom. The lowest BCUT2D eigenvalue weighted by molar-refractivity contribution is -0.141. The number of halogens is 7. The van der Waals surface area contributed by atoms with Crippen molar-refractivity contribution < 1.29 is 36.2 Å². The van der Waals surface area contributed by atoms with Gasteiger partial charge in [-0.25, -0.2) is 0 Å². The zero-order chi connectivity index (χ0) is 24.8. The molecule has 4 rings (SSSR count). The highest BCUT2D eigenvalue weighted by Crippen LogP contribution is 2.47. The number of carbonyl (C=O) groups excluding carboxylic acids is 1. The summed E-state index contributed by atoms with van der Waals surface area (Å²) in [4.78, 5) is 15.4. The lowest BCUT2D eigenvalue weighted by Crippen LogP contribution is -2.28. The normalized spacial score (nSPS) is 14.7. The Morgan fingerprint density at radius 3 is 2.09 bits per heavy atom. The summed E-state index contributed by atoms with van der Waals surface area (Å²) in [6.45, 7) is 0.00770. The second-order valence-corrected chi connectivity index (χ2v) is 7.94. The van der Waals surface area contributed by atoms with Gasteiger partial charge in [-0.05, 0) is 60.7 Å². The smallest absolute Gasteiger partial charge is 0.418 e. The number of carbonyl (C=O) groups is 1. The molecular formula is C23H15ClF6N2O2. The molecule has 0 atom stereocenters. The highest BCUT2D eigenvalue weighted by atomic mass is 35.5. The maximum atomic E-state index is 13.8.